The number of oxazole rings is 1. The lowest BCUT2D eigenvalue weighted by atomic mass is 9.95. The lowest BCUT2D eigenvalue weighted by molar-refractivity contribution is 0.380. The molecule has 0 N–H and O–H groups in total. The van der Waals surface area contributed by atoms with E-state index in [4.69, 9.17) is 9.15 Å². The summed E-state index contributed by atoms with van der Waals surface area (Å²) >= 11 is 0. The molecule has 0 atom stereocenters. The molecule has 1 aliphatic rings. The van der Waals surface area contributed by atoms with E-state index >= 15 is 0 Å². The number of sulfone groups is 1. The van der Waals surface area contributed by atoms with Crippen molar-refractivity contribution in [2.45, 2.75) is 36.1 Å². The lowest BCUT2D eigenvalue weighted by Crippen LogP contribution is -2.34. The number of piperidine rings is 1. The second-order valence-electron chi connectivity index (χ2n) is 7.51. The van der Waals surface area contributed by atoms with Gasteiger partial charge in [0.2, 0.25) is 26.6 Å². The van der Waals surface area contributed by atoms with E-state index in [9.17, 15) is 8.42 Å². The van der Waals surface area contributed by atoms with Crippen LogP contribution in [0.1, 0.15) is 26.2 Å². The number of aromatic nitrogens is 1. The highest BCUT2D eigenvalue weighted by molar-refractivity contribution is 7.91. The van der Waals surface area contributed by atoms with Crippen molar-refractivity contribution in [3.05, 3.63) is 54.6 Å². The largest absolute Gasteiger partial charge is 0.497 e. The molecule has 7 heteroatoms. The molecular formula is C23H26N2O4S. The predicted octanol–water partition coefficient (Wildman–Crippen LogP) is 4.81. The summed E-state index contributed by atoms with van der Waals surface area (Å²) in [6, 6.07) is 15.6. The van der Waals surface area contributed by atoms with Crippen LogP contribution in [0.3, 0.4) is 0 Å². The van der Waals surface area contributed by atoms with Gasteiger partial charge in [0, 0.05) is 18.7 Å². The zero-order chi connectivity index (χ0) is 21.1. The van der Waals surface area contributed by atoms with Gasteiger partial charge in [-0.25, -0.2) is 8.42 Å². The Labute approximate surface area is 177 Å². The summed E-state index contributed by atoms with van der Waals surface area (Å²) in [6.45, 7) is 3.71. The first-order chi connectivity index (χ1) is 14.5. The minimum atomic E-state index is -3.81. The first kappa shape index (κ1) is 20.5. The molecule has 0 aliphatic carbocycles. The predicted molar refractivity (Wildman–Crippen MR) is 116 cm³/mol. The maximum absolute atomic E-state index is 13.4. The van der Waals surface area contributed by atoms with Crippen molar-refractivity contribution in [3.63, 3.8) is 0 Å². The van der Waals surface area contributed by atoms with Crippen LogP contribution in [-0.2, 0) is 9.84 Å². The van der Waals surface area contributed by atoms with Crippen LogP contribution < -0.4 is 9.64 Å². The van der Waals surface area contributed by atoms with Gasteiger partial charge in [-0.15, -0.1) is 0 Å². The van der Waals surface area contributed by atoms with Crippen LogP contribution >= 0.6 is 0 Å². The van der Waals surface area contributed by atoms with Gasteiger partial charge in [0.15, 0.2) is 0 Å². The fourth-order valence-electron chi connectivity index (χ4n) is 3.79. The first-order valence-corrected chi connectivity index (χ1v) is 11.7. The highest BCUT2D eigenvalue weighted by Crippen LogP contribution is 2.37. The van der Waals surface area contributed by atoms with Crippen molar-refractivity contribution in [2.24, 2.45) is 5.92 Å². The summed E-state index contributed by atoms with van der Waals surface area (Å²) in [5, 5.41) is -0.0190. The molecule has 0 bridgehead atoms. The molecule has 3 aromatic rings. The Kier molecular flexibility index (Phi) is 5.81. The fraction of sp³-hybridized carbons (Fsp3) is 0.348. The molecule has 0 amide bonds. The minimum Gasteiger partial charge on any atom is -0.497 e. The summed E-state index contributed by atoms with van der Waals surface area (Å²) < 4.78 is 38.1. The van der Waals surface area contributed by atoms with Crippen molar-refractivity contribution >= 4 is 15.7 Å². The summed E-state index contributed by atoms with van der Waals surface area (Å²) in [6.07, 6.45) is 3.16. The zero-order valence-electron chi connectivity index (χ0n) is 17.2. The van der Waals surface area contributed by atoms with Crippen LogP contribution in [0.2, 0.25) is 0 Å². The number of rotatable bonds is 6. The van der Waals surface area contributed by atoms with Crippen LogP contribution in [0.25, 0.3) is 11.5 Å². The fourth-order valence-corrected chi connectivity index (χ4v) is 5.13. The van der Waals surface area contributed by atoms with E-state index in [0.29, 0.717) is 29.0 Å². The number of hydrogen-bond donors (Lipinski definition) is 0. The van der Waals surface area contributed by atoms with Gasteiger partial charge in [-0.2, -0.15) is 4.98 Å². The Hall–Kier alpha value is -2.80. The molecule has 0 unspecified atom stereocenters. The molecule has 2 aromatic carbocycles. The maximum atomic E-state index is 13.4. The van der Waals surface area contributed by atoms with Gasteiger partial charge in [-0.05, 0) is 55.2 Å². The van der Waals surface area contributed by atoms with Gasteiger partial charge >= 0.3 is 0 Å². The molecule has 6 nitrogen and oxygen atoms in total. The number of methoxy groups -OCH3 is 1. The van der Waals surface area contributed by atoms with E-state index in [1.165, 1.54) is 0 Å². The second kappa shape index (κ2) is 8.52. The Balaban J connectivity index is 1.78. The third-order valence-electron chi connectivity index (χ3n) is 5.70. The molecule has 1 saturated heterocycles. The number of benzene rings is 2. The van der Waals surface area contributed by atoms with E-state index in [2.05, 4.69) is 11.9 Å². The van der Waals surface area contributed by atoms with Crippen LogP contribution in [0.4, 0.5) is 5.88 Å². The Morgan fingerprint density at radius 2 is 1.73 bits per heavy atom. The lowest BCUT2D eigenvalue weighted by Gasteiger charge is -2.31. The van der Waals surface area contributed by atoms with E-state index in [-0.39, 0.29) is 9.92 Å². The number of nitrogens with zero attached hydrogens (tertiary/aromatic N) is 2. The van der Waals surface area contributed by atoms with E-state index in [0.717, 1.165) is 32.4 Å². The van der Waals surface area contributed by atoms with Crippen molar-refractivity contribution < 1.29 is 17.6 Å². The van der Waals surface area contributed by atoms with E-state index in [1.54, 1.807) is 49.6 Å². The molecule has 0 saturated carbocycles. The third-order valence-corrected chi connectivity index (χ3v) is 7.37. The summed E-state index contributed by atoms with van der Waals surface area (Å²) in [7, 11) is -2.21. The molecule has 30 heavy (non-hydrogen) atoms. The molecule has 1 aliphatic heterocycles. The first-order valence-electron chi connectivity index (χ1n) is 10.2. The number of anilines is 1. The highest BCUT2D eigenvalue weighted by Gasteiger charge is 2.32. The molecule has 1 aromatic heterocycles. The Bertz CT molecular complexity index is 1080. The quantitative estimate of drug-likeness (QED) is 0.563. The van der Waals surface area contributed by atoms with Gasteiger partial charge in [-0.1, -0.05) is 31.5 Å². The molecule has 2 heterocycles. The standard InChI is InChI=1S/C23H26N2O4S/c1-3-17-13-15-25(16-14-17)23-22(30(26,27)20-7-5-4-6-8-20)24-21(29-23)18-9-11-19(28-2)12-10-18/h4-12,17H,3,13-16H2,1-2H3. The summed E-state index contributed by atoms with van der Waals surface area (Å²) in [4.78, 5) is 6.69. The maximum Gasteiger partial charge on any atom is 0.236 e. The second-order valence-corrected chi connectivity index (χ2v) is 9.38. The van der Waals surface area contributed by atoms with Gasteiger partial charge in [0.05, 0.1) is 12.0 Å². The number of ether oxygens (including phenoxy) is 1. The monoisotopic (exact) mass is 426 g/mol. The zero-order valence-corrected chi connectivity index (χ0v) is 18.1. The van der Waals surface area contributed by atoms with Crippen molar-refractivity contribution in [3.8, 4) is 17.2 Å². The Morgan fingerprint density at radius 3 is 2.33 bits per heavy atom. The molecule has 0 spiro atoms. The molecule has 0 radical (unpaired) electrons. The molecule has 158 valence electrons. The van der Waals surface area contributed by atoms with Crippen LogP contribution in [0, 0.1) is 5.92 Å². The van der Waals surface area contributed by atoms with Gasteiger partial charge in [0.25, 0.3) is 0 Å². The minimum absolute atomic E-state index is 0.0190. The average molecular weight is 427 g/mol. The van der Waals surface area contributed by atoms with Crippen LogP contribution in [-0.4, -0.2) is 33.6 Å². The summed E-state index contributed by atoms with van der Waals surface area (Å²) in [5.74, 6) is 2.00. The van der Waals surface area contributed by atoms with Crippen LogP contribution in [0.15, 0.2) is 68.9 Å². The average Bonchev–Trinajstić information content (AvgIpc) is 3.26. The smallest absolute Gasteiger partial charge is 0.236 e. The van der Waals surface area contributed by atoms with Gasteiger partial charge in [0.1, 0.15) is 5.75 Å². The van der Waals surface area contributed by atoms with Crippen molar-refractivity contribution in [2.75, 3.05) is 25.1 Å². The third kappa shape index (κ3) is 3.94. The van der Waals surface area contributed by atoms with Gasteiger partial charge < -0.3 is 14.1 Å². The topological polar surface area (TPSA) is 72.6 Å². The van der Waals surface area contributed by atoms with Crippen molar-refractivity contribution in [1.82, 2.24) is 4.98 Å². The molecule has 4 rings (SSSR count). The molecular weight excluding hydrogens is 400 g/mol. The van der Waals surface area contributed by atoms with Crippen molar-refractivity contribution in [1.29, 1.82) is 0 Å². The van der Waals surface area contributed by atoms with E-state index in [1.807, 2.05) is 17.0 Å². The van der Waals surface area contributed by atoms with E-state index < -0.39 is 9.84 Å². The van der Waals surface area contributed by atoms with Gasteiger partial charge in [-0.3, -0.25) is 0 Å². The summed E-state index contributed by atoms with van der Waals surface area (Å²) in [5.41, 5.74) is 0.704. The molecule has 1 fully saturated rings. The van der Waals surface area contributed by atoms with Crippen LogP contribution in [0.5, 0.6) is 5.75 Å². The SMILES string of the molecule is CCC1CCN(c2oc(-c3ccc(OC)cc3)nc2S(=O)(=O)c2ccccc2)CC1. The Morgan fingerprint density at radius 1 is 1.07 bits per heavy atom. The number of hydrogen-bond acceptors (Lipinski definition) is 6. The highest BCUT2D eigenvalue weighted by atomic mass is 32.2. The normalized spacial score (nSPS) is 15.3.